The van der Waals surface area contributed by atoms with Gasteiger partial charge in [0, 0.05) is 20.2 Å². The minimum Gasteiger partial charge on any atom is -0.394 e. The summed E-state index contributed by atoms with van der Waals surface area (Å²) in [7, 11) is 3.67. The Labute approximate surface area is 109 Å². The zero-order valence-electron chi connectivity index (χ0n) is 11.5. The molecule has 3 N–H and O–H groups in total. The SMILES string of the molecule is COC(C)CN(C)CC(N)(CO)c1ccccc1. The van der Waals surface area contributed by atoms with Gasteiger partial charge >= 0.3 is 0 Å². The highest BCUT2D eigenvalue weighted by molar-refractivity contribution is 5.24. The lowest BCUT2D eigenvalue weighted by Gasteiger charge is -2.33. The molecule has 0 saturated heterocycles. The summed E-state index contributed by atoms with van der Waals surface area (Å²) >= 11 is 0. The molecule has 1 rings (SSSR count). The normalized spacial score (nSPS) is 16.6. The maximum absolute atomic E-state index is 9.60. The number of aliphatic hydroxyl groups excluding tert-OH is 1. The lowest BCUT2D eigenvalue weighted by Crippen LogP contribution is -2.50. The molecule has 0 aliphatic rings. The van der Waals surface area contributed by atoms with Crippen LogP contribution in [0.25, 0.3) is 0 Å². The maximum atomic E-state index is 9.60. The van der Waals surface area contributed by atoms with Crippen molar-refractivity contribution >= 4 is 0 Å². The van der Waals surface area contributed by atoms with Crippen molar-refractivity contribution in [3.63, 3.8) is 0 Å². The largest absolute Gasteiger partial charge is 0.394 e. The van der Waals surface area contributed by atoms with Gasteiger partial charge < -0.3 is 20.5 Å². The Morgan fingerprint density at radius 2 is 2.00 bits per heavy atom. The van der Waals surface area contributed by atoms with Crippen LogP contribution in [0.5, 0.6) is 0 Å². The molecular weight excluding hydrogens is 228 g/mol. The van der Waals surface area contributed by atoms with Crippen LogP contribution in [0.15, 0.2) is 30.3 Å². The van der Waals surface area contributed by atoms with Crippen molar-refractivity contribution in [2.24, 2.45) is 5.73 Å². The highest BCUT2D eigenvalue weighted by atomic mass is 16.5. The number of ether oxygens (including phenoxy) is 1. The Morgan fingerprint density at radius 1 is 1.39 bits per heavy atom. The van der Waals surface area contributed by atoms with E-state index in [-0.39, 0.29) is 12.7 Å². The highest BCUT2D eigenvalue weighted by Crippen LogP contribution is 2.18. The van der Waals surface area contributed by atoms with Gasteiger partial charge in [0.2, 0.25) is 0 Å². The molecule has 4 nitrogen and oxygen atoms in total. The van der Waals surface area contributed by atoms with Gasteiger partial charge in [0.15, 0.2) is 0 Å². The van der Waals surface area contributed by atoms with E-state index in [2.05, 4.69) is 4.90 Å². The van der Waals surface area contributed by atoms with E-state index in [9.17, 15) is 5.11 Å². The summed E-state index contributed by atoms with van der Waals surface area (Å²) in [4.78, 5) is 2.08. The molecule has 0 fully saturated rings. The molecule has 0 heterocycles. The van der Waals surface area contributed by atoms with E-state index in [1.54, 1.807) is 7.11 Å². The van der Waals surface area contributed by atoms with Crippen molar-refractivity contribution in [1.82, 2.24) is 4.90 Å². The second-order valence-electron chi connectivity index (χ2n) is 4.92. The third-order valence-electron chi connectivity index (χ3n) is 3.15. The first-order valence-electron chi connectivity index (χ1n) is 6.18. The molecular formula is C14H24N2O2. The average Bonchev–Trinajstić information content (AvgIpc) is 2.39. The lowest BCUT2D eigenvalue weighted by molar-refractivity contribution is 0.0695. The first kappa shape index (κ1) is 15.1. The third kappa shape index (κ3) is 4.07. The molecule has 0 aliphatic heterocycles. The molecule has 1 aromatic carbocycles. The Bertz CT molecular complexity index is 345. The van der Waals surface area contributed by atoms with Crippen molar-refractivity contribution in [3.8, 4) is 0 Å². The fourth-order valence-electron chi connectivity index (χ4n) is 2.06. The van der Waals surface area contributed by atoms with Gasteiger partial charge in [0.25, 0.3) is 0 Å². The number of rotatable bonds is 7. The van der Waals surface area contributed by atoms with Gasteiger partial charge in [0.05, 0.1) is 18.2 Å². The number of hydrogen-bond acceptors (Lipinski definition) is 4. The molecule has 0 aliphatic carbocycles. The van der Waals surface area contributed by atoms with Crippen LogP contribution in [0.3, 0.4) is 0 Å². The molecule has 18 heavy (non-hydrogen) atoms. The number of nitrogens with zero attached hydrogens (tertiary/aromatic N) is 1. The van der Waals surface area contributed by atoms with Crippen LogP contribution in [0.1, 0.15) is 12.5 Å². The number of nitrogens with two attached hydrogens (primary N) is 1. The zero-order valence-corrected chi connectivity index (χ0v) is 11.5. The summed E-state index contributed by atoms with van der Waals surface area (Å²) in [5, 5.41) is 9.60. The molecule has 0 amide bonds. The monoisotopic (exact) mass is 252 g/mol. The van der Waals surface area contributed by atoms with Crippen LogP contribution in [0, 0.1) is 0 Å². The third-order valence-corrected chi connectivity index (χ3v) is 3.15. The molecule has 0 aromatic heterocycles. The van der Waals surface area contributed by atoms with Crippen molar-refractivity contribution in [3.05, 3.63) is 35.9 Å². The average molecular weight is 252 g/mol. The molecule has 1 aromatic rings. The van der Waals surface area contributed by atoms with Crippen LogP contribution >= 0.6 is 0 Å². The predicted octanol–water partition coefficient (Wildman–Crippen LogP) is 0.800. The molecule has 2 atom stereocenters. The first-order chi connectivity index (χ1) is 8.51. The topological polar surface area (TPSA) is 58.7 Å². The molecule has 4 heteroatoms. The molecule has 0 saturated carbocycles. The van der Waals surface area contributed by atoms with Gasteiger partial charge in [-0.3, -0.25) is 0 Å². The summed E-state index contributed by atoms with van der Waals surface area (Å²) in [6.07, 6.45) is 0.147. The fourth-order valence-corrected chi connectivity index (χ4v) is 2.06. The van der Waals surface area contributed by atoms with Crippen molar-refractivity contribution < 1.29 is 9.84 Å². The predicted molar refractivity (Wildman–Crippen MR) is 73.4 cm³/mol. The second kappa shape index (κ2) is 6.85. The van der Waals surface area contributed by atoms with E-state index in [4.69, 9.17) is 10.5 Å². The molecule has 0 bridgehead atoms. The molecule has 102 valence electrons. The summed E-state index contributed by atoms with van der Waals surface area (Å²) in [5.41, 5.74) is 6.52. The van der Waals surface area contributed by atoms with Crippen molar-refractivity contribution in [2.45, 2.75) is 18.6 Å². The van der Waals surface area contributed by atoms with Crippen LogP contribution in [-0.2, 0) is 10.3 Å². The summed E-state index contributed by atoms with van der Waals surface area (Å²) in [5.74, 6) is 0. The smallest absolute Gasteiger partial charge is 0.0772 e. The molecule has 0 spiro atoms. The zero-order chi connectivity index (χ0) is 13.6. The van der Waals surface area contributed by atoms with Crippen LogP contribution in [0.4, 0.5) is 0 Å². The highest BCUT2D eigenvalue weighted by Gasteiger charge is 2.28. The standard InChI is InChI=1S/C14H24N2O2/c1-12(18-3)9-16(2)10-14(15,11-17)13-7-5-4-6-8-13/h4-8,12,17H,9-11,15H2,1-3H3. The first-order valence-corrected chi connectivity index (χ1v) is 6.18. The minimum absolute atomic E-state index is 0.0806. The second-order valence-corrected chi connectivity index (χ2v) is 4.92. The summed E-state index contributed by atoms with van der Waals surface area (Å²) < 4.78 is 5.23. The van der Waals surface area contributed by atoms with Crippen LogP contribution in [-0.4, -0.2) is 50.0 Å². The number of likely N-dealkylation sites (N-methyl/N-ethyl adjacent to an activating group) is 1. The number of methoxy groups -OCH3 is 1. The Hall–Kier alpha value is -0.940. The Morgan fingerprint density at radius 3 is 2.50 bits per heavy atom. The fraction of sp³-hybridized carbons (Fsp3) is 0.571. The van der Waals surface area contributed by atoms with Gasteiger partial charge in [-0.15, -0.1) is 0 Å². The number of aliphatic hydroxyl groups is 1. The molecule has 2 unspecified atom stereocenters. The van der Waals surface area contributed by atoms with Gasteiger partial charge in [0.1, 0.15) is 0 Å². The van der Waals surface area contributed by atoms with Gasteiger partial charge in [-0.05, 0) is 19.5 Å². The van der Waals surface area contributed by atoms with Gasteiger partial charge in [-0.2, -0.15) is 0 Å². The van der Waals surface area contributed by atoms with Crippen molar-refractivity contribution in [2.75, 3.05) is 33.9 Å². The Balaban J connectivity index is 2.71. The molecule has 0 radical (unpaired) electrons. The van der Waals surface area contributed by atoms with Crippen molar-refractivity contribution in [1.29, 1.82) is 0 Å². The van der Waals surface area contributed by atoms with E-state index in [0.29, 0.717) is 6.54 Å². The van der Waals surface area contributed by atoms with Crippen LogP contribution in [0.2, 0.25) is 0 Å². The number of hydrogen-bond donors (Lipinski definition) is 2. The van der Waals surface area contributed by atoms with Gasteiger partial charge in [-0.1, -0.05) is 30.3 Å². The summed E-state index contributed by atoms with van der Waals surface area (Å²) in [6.45, 7) is 3.29. The lowest BCUT2D eigenvalue weighted by atomic mass is 9.91. The van der Waals surface area contributed by atoms with E-state index in [0.717, 1.165) is 12.1 Å². The van der Waals surface area contributed by atoms with E-state index in [1.165, 1.54) is 0 Å². The minimum atomic E-state index is -0.733. The van der Waals surface area contributed by atoms with E-state index in [1.807, 2.05) is 44.3 Å². The Kier molecular flexibility index (Phi) is 5.75. The summed E-state index contributed by atoms with van der Waals surface area (Å²) in [6, 6.07) is 9.71. The van der Waals surface area contributed by atoms with E-state index < -0.39 is 5.54 Å². The maximum Gasteiger partial charge on any atom is 0.0772 e. The number of benzene rings is 1. The van der Waals surface area contributed by atoms with E-state index >= 15 is 0 Å². The van der Waals surface area contributed by atoms with Gasteiger partial charge in [-0.25, -0.2) is 0 Å². The quantitative estimate of drug-likeness (QED) is 0.753. The van der Waals surface area contributed by atoms with Crippen LogP contribution < -0.4 is 5.73 Å².